The highest BCUT2D eigenvalue weighted by molar-refractivity contribution is 5.98. The molecular formula is C23H28N4O. The monoisotopic (exact) mass is 376 g/mol. The predicted octanol–water partition coefficient (Wildman–Crippen LogP) is 4.13. The highest BCUT2D eigenvalue weighted by Gasteiger charge is 2.29. The highest BCUT2D eigenvalue weighted by atomic mass is 16.2. The number of aromatic amines is 1. The molecule has 4 rings (SSSR count). The van der Waals surface area contributed by atoms with E-state index < -0.39 is 0 Å². The lowest BCUT2D eigenvalue weighted by Crippen LogP contribution is -2.46. The fourth-order valence-corrected chi connectivity index (χ4v) is 4.30. The van der Waals surface area contributed by atoms with Crippen molar-refractivity contribution in [2.45, 2.75) is 51.2 Å². The van der Waals surface area contributed by atoms with Gasteiger partial charge in [0.15, 0.2) is 0 Å². The Balaban J connectivity index is 1.42. The maximum absolute atomic E-state index is 13.2. The predicted molar refractivity (Wildman–Crippen MR) is 112 cm³/mol. The van der Waals surface area contributed by atoms with Crippen LogP contribution in [0.2, 0.25) is 0 Å². The summed E-state index contributed by atoms with van der Waals surface area (Å²) in [5.74, 6) is 0.0902. The van der Waals surface area contributed by atoms with Gasteiger partial charge in [-0.1, -0.05) is 30.3 Å². The van der Waals surface area contributed by atoms with E-state index in [-0.39, 0.29) is 11.9 Å². The lowest BCUT2D eigenvalue weighted by Gasteiger charge is -2.37. The molecule has 5 heteroatoms. The van der Waals surface area contributed by atoms with Crippen LogP contribution in [0.15, 0.2) is 54.9 Å². The maximum atomic E-state index is 13.2. The summed E-state index contributed by atoms with van der Waals surface area (Å²) in [5.41, 5.74) is 2.87. The molecule has 3 aromatic rings. The Labute approximate surface area is 166 Å². The van der Waals surface area contributed by atoms with E-state index in [1.54, 1.807) is 12.4 Å². The largest absolute Gasteiger partial charge is 0.349 e. The normalized spacial score (nSPS) is 19.6. The molecule has 1 aromatic carbocycles. The summed E-state index contributed by atoms with van der Waals surface area (Å²) < 4.78 is 0. The Morgan fingerprint density at radius 1 is 1.25 bits per heavy atom. The van der Waals surface area contributed by atoms with E-state index in [0.29, 0.717) is 11.7 Å². The van der Waals surface area contributed by atoms with E-state index in [1.807, 2.05) is 23.1 Å². The van der Waals surface area contributed by atoms with Gasteiger partial charge in [0.05, 0.1) is 11.7 Å². The highest BCUT2D eigenvalue weighted by Crippen LogP contribution is 2.25. The van der Waals surface area contributed by atoms with Crippen molar-refractivity contribution in [3.05, 3.63) is 66.1 Å². The number of amides is 1. The van der Waals surface area contributed by atoms with E-state index in [4.69, 9.17) is 0 Å². The Hall–Kier alpha value is -2.66. The van der Waals surface area contributed by atoms with Crippen LogP contribution in [-0.2, 0) is 6.54 Å². The second-order valence-corrected chi connectivity index (χ2v) is 7.62. The molecule has 2 N–H and O–H groups in total. The van der Waals surface area contributed by atoms with Gasteiger partial charge in [-0.25, -0.2) is 0 Å². The summed E-state index contributed by atoms with van der Waals surface area (Å²) in [6, 6.07) is 15.1. The molecule has 0 unspecified atom stereocenters. The van der Waals surface area contributed by atoms with E-state index in [1.165, 1.54) is 12.0 Å². The first-order valence-corrected chi connectivity index (χ1v) is 10.3. The van der Waals surface area contributed by atoms with Gasteiger partial charge in [0.25, 0.3) is 5.91 Å². The minimum absolute atomic E-state index is 0.0902. The molecule has 0 saturated heterocycles. The van der Waals surface area contributed by atoms with E-state index >= 15 is 0 Å². The van der Waals surface area contributed by atoms with Gasteiger partial charge in [-0.05, 0) is 50.3 Å². The third-order valence-electron chi connectivity index (χ3n) is 5.78. The van der Waals surface area contributed by atoms with Crippen LogP contribution in [0.25, 0.3) is 10.9 Å². The van der Waals surface area contributed by atoms with E-state index in [9.17, 15) is 4.79 Å². The molecule has 0 aliphatic heterocycles. The van der Waals surface area contributed by atoms with Crippen LogP contribution in [0.4, 0.5) is 0 Å². The van der Waals surface area contributed by atoms with Crippen molar-refractivity contribution in [3.8, 4) is 0 Å². The van der Waals surface area contributed by atoms with Crippen molar-refractivity contribution in [3.63, 3.8) is 0 Å². The lowest BCUT2D eigenvalue weighted by molar-refractivity contribution is 0.0623. The number of hydrogen-bond acceptors (Lipinski definition) is 3. The molecule has 1 saturated carbocycles. The number of nitrogens with one attached hydrogen (secondary N) is 2. The molecule has 0 radical (unpaired) electrons. The topological polar surface area (TPSA) is 61.0 Å². The number of nitrogens with zero attached hydrogens (tertiary/aromatic N) is 2. The number of aromatic nitrogens is 2. The quantitative estimate of drug-likeness (QED) is 0.680. The molecule has 1 fully saturated rings. The molecular weight excluding hydrogens is 348 g/mol. The number of pyridine rings is 1. The number of carbonyl (C=O) groups excluding carboxylic acids is 1. The zero-order valence-corrected chi connectivity index (χ0v) is 16.4. The fourth-order valence-electron chi connectivity index (χ4n) is 4.30. The molecule has 1 aliphatic rings. The van der Waals surface area contributed by atoms with Crippen LogP contribution >= 0.6 is 0 Å². The van der Waals surface area contributed by atoms with Crippen LogP contribution in [-0.4, -0.2) is 39.4 Å². The van der Waals surface area contributed by atoms with Crippen molar-refractivity contribution < 1.29 is 4.79 Å². The summed E-state index contributed by atoms with van der Waals surface area (Å²) in [6.07, 6.45) is 7.93. The van der Waals surface area contributed by atoms with Crippen LogP contribution in [0.1, 0.15) is 48.7 Å². The molecule has 2 heterocycles. The van der Waals surface area contributed by atoms with E-state index in [0.717, 1.165) is 43.3 Å². The molecule has 28 heavy (non-hydrogen) atoms. The minimum Gasteiger partial charge on any atom is -0.349 e. The van der Waals surface area contributed by atoms with Gasteiger partial charge in [-0.15, -0.1) is 0 Å². The average molecular weight is 377 g/mol. The first kappa shape index (κ1) is 18.7. The van der Waals surface area contributed by atoms with Crippen molar-refractivity contribution in [1.82, 2.24) is 20.2 Å². The zero-order valence-electron chi connectivity index (χ0n) is 16.4. The van der Waals surface area contributed by atoms with Gasteiger partial charge in [-0.2, -0.15) is 0 Å². The number of H-pyrrole nitrogens is 1. The SMILES string of the molecule is CCN(C(=O)c1cc2ccncc2[nH]1)[C@H]1CCC[C@@H](NCc2ccccc2)C1. The molecule has 5 nitrogen and oxygen atoms in total. The van der Waals surface area contributed by atoms with Crippen LogP contribution in [0.5, 0.6) is 0 Å². The van der Waals surface area contributed by atoms with Gasteiger partial charge in [0.1, 0.15) is 5.69 Å². The average Bonchev–Trinajstić information content (AvgIpc) is 3.18. The number of fused-ring (bicyclic) bond motifs is 1. The molecule has 1 amide bonds. The first-order valence-electron chi connectivity index (χ1n) is 10.3. The maximum Gasteiger partial charge on any atom is 0.270 e. The Morgan fingerprint density at radius 3 is 2.89 bits per heavy atom. The molecule has 1 aliphatic carbocycles. The summed E-state index contributed by atoms with van der Waals surface area (Å²) in [6.45, 7) is 3.68. The van der Waals surface area contributed by atoms with Crippen molar-refractivity contribution in [2.24, 2.45) is 0 Å². The van der Waals surface area contributed by atoms with E-state index in [2.05, 4.69) is 46.5 Å². The van der Waals surface area contributed by atoms with Gasteiger partial charge >= 0.3 is 0 Å². The fraction of sp³-hybridized carbons (Fsp3) is 0.391. The van der Waals surface area contributed by atoms with Gasteiger partial charge < -0.3 is 15.2 Å². The third-order valence-corrected chi connectivity index (χ3v) is 5.78. The Kier molecular flexibility index (Phi) is 5.72. The third kappa shape index (κ3) is 4.09. The van der Waals surface area contributed by atoms with Crippen molar-refractivity contribution >= 4 is 16.8 Å². The summed E-state index contributed by atoms with van der Waals surface area (Å²) >= 11 is 0. The van der Waals surface area contributed by atoms with Gasteiger partial charge in [0.2, 0.25) is 0 Å². The number of hydrogen-bond donors (Lipinski definition) is 2. The van der Waals surface area contributed by atoms with Crippen molar-refractivity contribution in [2.75, 3.05) is 6.54 Å². The second-order valence-electron chi connectivity index (χ2n) is 7.62. The summed E-state index contributed by atoms with van der Waals surface area (Å²) in [7, 11) is 0. The number of carbonyl (C=O) groups is 1. The van der Waals surface area contributed by atoms with Crippen LogP contribution in [0, 0.1) is 0 Å². The molecule has 2 aromatic heterocycles. The summed E-state index contributed by atoms with van der Waals surface area (Å²) in [4.78, 5) is 22.6. The Morgan fingerprint density at radius 2 is 2.11 bits per heavy atom. The summed E-state index contributed by atoms with van der Waals surface area (Å²) in [5, 5.41) is 4.72. The molecule has 2 atom stereocenters. The van der Waals surface area contributed by atoms with Crippen LogP contribution < -0.4 is 5.32 Å². The minimum atomic E-state index is 0.0902. The van der Waals surface area contributed by atoms with Gasteiger partial charge in [0, 0.05) is 36.8 Å². The van der Waals surface area contributed by atoms with Crippen molar-refractivity contribution in [1.29, 1.82) is 0 Å². The van der Waals surface area contributed by atoms with Crippen LogP contribution in [0.3, 0.4) is 0 Å². The lowest BCUT2D eigenvalue weighted by atomic mass is 9.89. The molecule has 0 bridgehead atoms. The molecule has 0 spiro atoms. The Bertz CT molecular complexity index is 888. The smallest absolute Gasteiger partial charge is 0.270 e. The standard InChI is InChI=1S/C23H28N4O/c1-2-27(23(28)21-13-18-11-12-24-16-22(18)26-21)20-10-6-9-19(14-20)25-15-17-7-4-3-5-8-17/h3-5,7-8,11-13,16,19-20,25-26H,2,6,9-10,14-15H2,1H3/t19-,20+/m1/s1. The number of benzene rings is 1. The zero-order chi connectivity index (χ0) is 19.3. The molecule has 146 valence electrons. The number of rotatable bonds is 6. The first-order chi connectivity index (χ1) is 13.7. The second kappa shape index (κ2) is 8.57. The van der Waals surface area contributed by atoms with Gasteiger partial charge in [-0.3, -0.25) is 9.78 Å².